The molecule has 3 nitrogen and oxygen atoms in total. The molecule has 0 radical (unpaired) electrons. The molecule has 3 heteroatoms. The Morgan fingerprint density at radius 3 is 2.56 bits per heavy atom. The number of aryl methyl sites for hydroxylation is 1. The van der Waals surface area contributed by atoms with Crippen LogP contribution in [0.3, 0.4) is 0 Å². The summed E-state index contributed by atoms with van der Waals surface area (Å²) in [7, 11) is 0. The summed E-state index contributed by atoms with van der Waals surface area (Å²) in [6.45, 7) is 7.91. The average molecular weight is 249 g/mol. The quantitative estimate of drug-likeness (QED) is 0.806. The Morgan fingerprint density at radius 2 is 2.00 bits per heavy atom. The molecule has 0 spiro atoms. The molecule has 1 aromatic carbocycles. The van der Waals surface area contributed by atoms with E-state index in [4.69, 9.17) is 5.11 Å². The van der Waals surface area contributed by atoms with Crippen molar-refractivity contribution in [2.75, 3.05) is 18.0 Å². The number of benzene rings is 1. The van der Waals surface area contributed by atoms with Crippen LogP contribution in [0.4, 0.5) is 5.69 Å². The number of carbonyl (C=O) groups is 1. The molecule has 0 aromatic heterocycles. The van der Waals surface area contributed by atoms with Crippen LogP contribution in [-0.2, 0) is 11.2 Å². The lowest BCUT2D eigenvalue weighted by molar-refractivity contribution is -0.136. The topological polar surface area (TPSA) is 40.5 Å². The van der Waals surface area contributed by atoms with Crippen LogP contribution in [0, 0.1) is 5.92 Å². The number of aliphatic carboxylic acids is 1. The van der Waals surface area contributed by atoms with E-state index in [-0.39, 0.29) is 6.42 Å². The molecule has 0 aliphatic heterocycles. The molecule has 1 N–H and O–H groups in total. The molecule has 1 rings (SSSR count). The summed E-state index contributed by atoms with van der Waals surface area (Å²) in [5.74, 6) is -0.221. The van der Waals surface area contributed by atoms with Crippen LogP contribution in [0.2, 0.25) is 0 Å². The van der Waals surface area contributed by atoms with E-state index in [0.717, 1.165) is 13.0 Å². The zero-order valence-electron chi connectivity index (χ0n) is 11.5. The fraction of sp³-hybridized carbons (Fsp3) is 0.533. The Bertz CT molecular complexity index is 388. The largest absolute Gasteiger partial charge is 0.481 e. The van der Waals surface area contributed by atoms with Crippen molar-refractivity contribution >= 4 is 11.7 Å². The number of hydrogen-bond donors (Lipinski definition) is 1. The van der Waals surface area contributed by atoms with E-state index in [0.29, 0.717) is 12.5 Å². The first-order valence-electron chi connectivity index (χ1n) is 6.59. The Morgan fingerprint density at radius 1 is 1.33 bits per heavy atom. The van der Waals surface area contributed by atoms with Crippen molar-refractivity contribution in [3.05, 3.63) is 29.8 Å². The lowest BCUT2D eigenvalue weighted by Gasteiger charge is -2.28. The van der Waals surface area contributed by atoms with Crippen molar-refractivity contribution in [3.63, 3.8) is 0 Å². The second-order valence-corrected chi connectivity index (χ2v) is 4.97. The van der Waals surface area contributed by atoms with Gasteiger partial charge >= 0.3 is 5.97 Å². The molecule has 0 atom stereocenters. The number of para-hydroxylation sites is 1. The van der Waals surface area contributed by atoms with Crippen LogP contribution in [0.25, 0.3) is 0 Å². The maximum absolute atomic E-state index is 10.7. The summed E-state index contributed by atoms with van der Waals surface area (Å²) < 4.78 is 0. The van der Waals surface area contributed by atoms with Gasteiger partial charge in [0, 0.05) is 18.8 Å². The van der Waals surface area contributed by atoms with E-state index in [1.165, 1.54) is 11.3 Å². The fourth-order valence-corrected chi connectivity index (χ4v) is 2.10. The Balaban J connectivity index is 2.89. The summed E-state index contributed by atoms with van der Waals surface area (Å²) in [6.07, 6.45) is 1.16. The lowest BCUT2D eigenvalue weighted by Crippen LogP contribution is -2.30. The van der Waals surface area contributed by atoms with Crippen LogP contribution in [0.5, 0.6) is 0 Å². The van der Waals surface area contributed by atoms with E-state index in [2.05, 4.69) is 37.8 Å². The summed E-state index contributed by atoms with van der Waals surface area (Å²) in [4.78, 5) is 12.9. The van der Waals surface area contributed by atoms with Crippen LogP contribution < -0.4 is 4.90 Å². The zero-order chi connectivity index (χ0) is 13.5. The molecule has 0 heterocycles. The van der Waals surface area contributed by atoms with Crippen molar-refractivity contribution < 1.29 is 9.90 Å². The van der Waals surface area contributed by atoms with Crippen LogP contribution in [0.1, 0.15) is 32.8 Å². The minimum atomic E-state index is -0.738. The van der Waals surface area contributed by atoms with Crippen molar-refractivity contribution in [2.24, 2.45) is 5.92 Å². The highest BCUT2D eigenvalue weighted by atomic mass is 16.4. The first-order chi connectivity index (χ1) is 8.54. The number of anilines is 1. The SMILES string of the molecule is CCc1ccccc1N(CCC(=O)O)CC(C)C. The molecule has 0 bridgehead atoms. The monoisotopic (exact) mass is 249 g/mol. The van der Waals surface area contributed by atoms with Gasteiger partial charge in [0.05, 0.1) is 6.42 Å². The molecular formula is C15H23NO2. The van der Waals surface area contributed by atoms with Gasteiger partial charge in [0.15, 0.2) is 0 Å². The van der Waals surface area contributed by atoms with Crippen molar-refractivity contribution in [3.8, 4) is 0 Å². The molecule has 100 valence electrons. The molecular weight excluding hydrogens is 226 g/mol. The molecule has 1 aromatic rings. The number of rotatable bonds is 7. The highest BCUT2D eigenvalue weighted by Gasteiger charge is 2.12. The van der Waals surface area contributed by atoms with Crippen molar-refractivity contribution in [1.29, 1.82) is 0 Å². The highest BCUT2D eigenvalue weighted by molar-refractivity contribution is 5.68. The minimum absolute atomic E-state index is 0.185. The van der Waals surface area contributed by atoms with Gasteiger partial charge in [0.1, 0.15) is 0 Å². The Labute approximate surface area is 109 Å². The third-order valence-electron chi connectivity index (χ3n) is 2.89. The maximum atomic E-state index is 10.7. The van der Waals surface area contributed by atoms with Gasteiger partial charge in [0.25, 0.3) is 0 Å². The van der Waals surface area contributed by atoms with Crippen LogP contribution in [-0.4, -0.2) is 24.2 Å². The normalized spacial score (nSPS) is 10.7. The molecule has 0 aliphatic rings. The van der Waals surface area contributed by atoms with E-state index in [9.17, 15) is 4.79 Å². The minimum Gasteiger partial charge on any atom is -0.481 e. The van der Waals surface area contributed by atoms with Gasteiger partial charge in [-0.2, -0.15) is 0 Å². The summed E-state index contributed by atoms with van der Waals surface area (Å²) >= 11 is 0. The van der Waals surface area contributed by atoms with Gasteiger partial charge < -0.3 is 10.0 Å². The molecule has 0 unspecified atom stereocenters. The summed E-state index contributed by atoms with van der Waals surface area (Å²) in [5.41, 5.74) is 2.46. The van der Waals surface area contributed by atoms with E-state index in [1.54, 1.807) is 0 Å². The van der Waals surface area contributed by atoms with Crippen LogP contribution in [0.15, 0.2) is 24.3 Å². The van der Waals surface area contributed by atoms with E-state index in [1.807, 2.05) is 12.1 Å². The fourth-order valence-electron chi connectivity index (χ4n) is 2.10. The molecule has 0 fully saturated rings. The summed E-state index contributed by atoms with van der Waals surface area (Å²) in [5, 5.41) is 8.84. The number of nitrogens with zero attached hydrogens (tertiary/aromatic N) is 1. The third-order valence-corrected chi connectivity index (χ3v) is 2.89. The van der Waals surface area contributed by atoms with E-state index >= 15 is 0 Å². The van der Waals surface area contributed by atoms with Crippen molar-refractivity contribution in [2.45, 2.75) is 33.6 Å². The molecule has 0 amide bonds. The second-order valence-electron chi connectivity index (χ2n) is 4.97. The number of hydrogen-bond acceptors (Lipinski definition) is 2. The number of carboxylic acids is 1. The predicted molar refractivity (Wildman–Crippen MR) is 75.1 cm³/mol. The molecule has 0 saturated heterocycles. The zero-order valence-corrected chi connectivity index (χ0v) is 11.5. The lowest BCUT2D eigenvalue weighted by atomic mass is 10.1. The predicted octanol–water partition coefficient (Wildman–Crippen LogP) is 3.19. The average Bonchev–Trinajstić information content (AvgIpc) is 2.33. The highest BCUT2D eigenvalue weighted by Crippen LogP contribution is 2.22. The molecule has 0 aliphatic carbocycles. The first kappa shape index (κ1) is 14.6. The van der Waals surface area contributed by atoms with Gasteiger partial charge in [0.2, 0.25) is 0 Å². The Hall–Kier alpha value is -1.51. The van der Waals surface area contributed by atoms with Gasteiger partial charge in [-0.1, -0.05) is 39.0 Å². The van der Waals surface area contributed by atoms with Crippen molar-refractivity contribution in [1.82, 2.24) is 0 Å². The maximum Gasteiger partial charge on any atom is 0.305 e. The van der Waals surface area contributed by atoms with Gasteiger partial charge in [-0.25, -0.2) is 0 Å². The second kappa shape index (κ2) is 7.04. The number of carboxylic acid groups (broad SMARTS) is 1. The van der Waals surface area contributed by atoms with Gasteiger partial charge in [-0.15, -0.1) is 0 Å². The van der Waals surface area contributed by atoms with Gasteiger partial charge in [-0.05, 0) is 24.0 Å². The molecule has 18 heavy (non-hydrogen) atoms. The molecule has 0 saturated carbocycles. The smallest absolute Gasteiger partial charge is 0.305 e. The standard InChI is InChI=1S/C15H23NO2/c1-4-13-7-5-6-8-14(13)16(11-12(2)3)10-9-15(17)18/h5-8,12H,4,9-11H2,1-3H3,(H,17,18). The first-order valence-corrected chi connectivity index (χ1v) is 6.59. The third kappa shape index (κ3) is 4.40. The Kier molecular flexibility index (Phi) is 5.69. The van der Waals surface area contributed by atoms with Crippen LogP contribution >= 0.6 is 0 Å². The summed E-state index contributed by atoms with van der Waals surface area (Å²) in [6, 6.07) is 8.25. The van der Waals surface area contributed by atoms with E-state index < -0.39 is 5.97 Å². The van der Waals surface area contributed by atoms with Gasteiger partial charge in [-0.3, -0.25) is 4.79 Å².